The summed E-state index contributed by atoms with van der Waals surface area (Å²) in [5, 5.41) is 12.6. The van der Waals surface area contributed by atoms with E-state index < -0.39 is 0 Å². The van der Waals surface area contributed by atoms with Gasteiger partial charge in [-0.05, 0) is 80.2 Å². The van der Waals surface area contributed by atoms with E-state index in [1.54, 1.807) is 0 Å². The Morgan fingerprint density at radius 2 is 0.943 bits per heavy atom. The summed E-state index contributed by atoms with van der Waals surface area (Å²) in [6, 6.07) is 67.3. The Kier molecular flexibility index (Phi) is 6.55. The van der Waals surface area contributed by atoms with E-state index in [9.17, 15) is 0 Å². The Labute approximate surface area is 306 Å². The number of hydrogen-bond acceptors (Lipinski definition) is 2. The Morgan fingerprint density at radius 1 is 0.340 bits per heavy atom. The number of nitrogens with zero attached hydrogens (tertiary/aromatic N) is 3. The van der Waals surface area contributed by atoms with Crippen molar-refractivity contribution >= 4 is 64.9 Å². The van der Waals surface area contributed by atoms with Gasteiger partial charge in [0.05, 0.1) is 22.4 Å². The van der Waals surface area contributed by atoms with Gasteiger partial charge in [-0.2, -0.15) is 0 Å². The maximum atomic E-state index is 5.18. The van der Waals surface area contributed by atoms with Crippen LogP contribution in [0.2, 0.25) is 0 Å². The van der Waals surface area contributed by atoms with Crippen LogP contribution in [0, 0.1) is 0 Å². The van der Waals surface area contributed by atoms with Crippen molar-refractivity contribution in [3.8, 4) is 39.6 Å². The molecule has 0 radical (unpaired) electrons. The quantitative estimate of drug-likeness (QED) is 0.174. The van der Waals surface area contributed by atoms with E-state index >= 15 is 0 Å². The van der Waals surface area contributed by atoms with Gasteiger partial charge in [-0.3, -0.25) is 0 Å². The molecule has 11 rings (SSSR count). The second-order valence-electron chi connectivity index (χ2n) is 13.8. The number of hydrogen-bond donors (Lipinski definition) is 0. The fourth-order valence-corrected chi connectivity index (χ4v) is 8.30. The van der Waals surface area contributed by atoms with Crippen LogP contribution in [-0.2, 0) is 0 Å². The molecule has 0 atom stereocenters. The molecule has 0 spiro atoms. The van der Waals surface area contributed by atoms with Crippen LogP contribution in [0.1, 0.15) is 0 Å². The van der Waals surface area contributed by atoms with Gasteiger partial charge in [0, 0.05) is 38.5 Å². The van der Waals surface area contributed by atoms with Crippen LogP contribution in [0.25, 0.3) is 104 Å². The number of benzene rings is 9. The molecule has 0 saturated carbocycles. The van der Waals surface area contributed by atoms with Gasteiger partial charge < -0.3 is 4.57 Å². The lowest BCUT2D eigenvalue weighted by Gasteiger charge is -2.14. The van der Waals surface area contributed by atoms with Crippen molar-refractivity contribution in [1.29, 1.82) is 0 Å². The molecule has 246 valence electrons. The van der Waals surface area contributed by atoms with Gasteiger partial charge in [-0.1, -0.05) is 146 Å². The zero-order chi connectivity index (χ0) is 34.9. The molecule has 3 heteroatoms. The molecule has 0 fully saturated rings. The monoisotopic (exact) mass is 673 g/mol. The third kappa shape index (κ3) is 4.68. The molecule has 0 bridgehead atoms. The molecule has 53 heavy (non-hydrogen) atoms. The molecular weight excluding hydrogens is 643 g/mol. The van der Waals surface area contributed by atoms with Gasteiger partial charge in [0.2, 0.25) is 0 Å². The average molecular weight is 674 g/mol. The third-order valence-corrected chi connectivity index (χ3v) is 10.7. The highest BCUT2D eigenvalue weighted by Gasteiger charge is 2.20. The normalized spacial score (nSPS) is 11.8. The van der Waals surface area contributed by atoms with Crippen molar-refractivity contribution in [3.63, 3.8) is 0 Å². The highest BCUT2D eigenvalue weighted by Crippen LogP contribution is 2.44. The molecule has 0 amide bonds. The lowest BCUT2D eigenvalue weighted by molar-refractivity contribution is 1.17. The van der Waals surface area contributed by atoms with Crippen molar-refractivity contribution in [2.24, 2.45) is 0 Å². The molecule has 0 unspecified atom stereocenters. The smallest absolute Gasteiger partial charge is 0.160 e. The molecule has 2 aromatic heterocycles. The van der Waals surface area contributed by atoms with E-state index in [0.717, 1.165) is 33.8 Å². The highest BCUT2D eigenvalue weighted by molar-refractivity contribution is 6.36. The molecule has 0 aliphatic heterocycles. The summed E-state index contributed by atoms with van der Waals surface area (Å²) < 4.78 is 2.44. The van der Waals surface area contributed by atoms with Gasteiger partial charge in [0.15, 0.2) is 5.82 Å². The largest absolute Gasteiger partial charge is 0.309 e. The first kappa shape index (κ1) is 29.6. The Morgan fingerprint density at radius 3 is 1.75 bits per heavy atom. The van der Waals surface area contributed by atoms with Crippen LogP contribution < -0.4 is 0 Å². The molecule has 0 saturated heterocycles. The van der Waals surface area contributed by atoms with Gasteiger partial charge in [0.25, 0.3) is 0 Å². The van der Waals surface area contributed by atoms with Crippen molar-refractivity contribution in [2.75, 3.05) is 0 Å². The minimum atomic E-state index is 0.701. The zero-order valence-electron chi connectivity index (χ0n) is 28.7. The van der Waals surface area contributed by atoms with E-state index in [1.807, 2.05) is 6.07 Å². The molecule has 0 aliphatic carbocycles. The summed E-state index contributed by atoms with van der Waals surface area (Å²) in [7, 11) is 0. The second kappa shape index (κ2) is 11.7. The Bertz CT molecular complexity index is 3210. The van der Waals surface area contributed by atoms with Crippen LogP contribution in [0.5, 0.6) is 0 Å². The summed E-state index contributed by atoms with van der Waals surface area (Å²) in [6.07, 6.45) is 0. The summed E-state index contributed by atoms with van der Waals surface area (Å²) in [5.74, 6) is 0.701. The first-order chi connectivity index (χ1) is 26.3. The number of rotatable bonds is 4. The van der Waals surface area contributed by atoms with Crippen LogP contribution in [0.4, 0.5) is 0 Å². The summed E-state index contributed by atoms with van der Waals surface area (Å²) >= 11 is 0. The summed E-state index contributed by atoms with van der Waals surface area (Å²) in [4.78, 5) is 10.3. The molecule has 3 nitrogen and oxygen atoms in total. The molecular formula is C50H31N3. The summed E-state index contributed by atoms with van der Waals surface area (Å²) in [6.45, 7) is 0. The van der Waals surface area contributed by atoms with Crippen molar-refractivity contribution in [1.82, 2.24) is 14.5 Å². The number of fused-ring (bicyclic) bond motifs is 11. The van der Waals surface area contributed by atoms with Crippen LogP contribution in [0.15, 0.2) is 188 Å². The van der Waals surface area contributed by atoms with E-state index in [2.05, 4.69) is 187 Å². The summed E-state index contributed by atoms with van der Waals surface area (Å²) in [5.41, 5.74) is 8.40. The van der Waals surface area contributed by atoms with Crippen LogP contribution in [-0.4, -0.2) is 14.5 Å². The standard InChI is InChI=1S/C50H31N3/c1-2-14-34(15-3-1)44-31-45(37-23-22-32-12-4-5-16-36(32)30-37)52-50(51-44)35-24-27-38(28-25-35)53-46-21-11-10-20-42(46)48-43-29-26-33-13-6-7-17-39(33)47(43)40-18-8-9-19-41(40)49(48)53/h1-31H. The van der Waals surface area contributed by atoms with Gasteiger partial charge >= 0.3 is 0 Å². The van der Waals surface area contributed by atoms with Crippen LogP contribution in [0.3, 0.4) is 0 Å². The second-order valence-corrected chi connectivity index (χ2v) is 13.8. The van der Waals surface area contributed by atoms with Crippen molar-refractivity contribution < 1.29 is 0 Å². The predicted octanol–water partition coefficient (Wildman–Crippen LogP) is 13.2. The SMILES string of the molecule is c1ccc(-c2cc(-c3ccc4ccccc4c3)nc(-c3ccc(-n4c5ccccc5c5c6ccc7ccccc7c6c6ccccc6c54)cc3)n2)cc1. The zero-order valence-corrected chi connectivity index (χ0v) is 28.7. The first-order valence-corrected chi connectivity index (χ1v) is 18.1. The number of aromatic nitrogens is 3. The first-order valence-electron chi connectivity index (χ1n) is 18.1. The Balaban J connectivity index is 1.12. The van der Waals surface area contributed by atoms with Gasteiger partial charge in [-0.25, -0.2) is 9.97 Å². The topological polar surface area (TPSA) is 30.7 Å². The van der Waals surface area contributed by atoms with E-state index in [-0.39, 0.29) is 0 Å². The minimum absolute atomic E-state index is 0.701. The highest BCUT2D eigenvalue weighted by atomic mass is 15.0. The predicted molar refractivity (Wildman–Crippen MR) is 223 cm³/mol. The maximum absolute atomic E-state index is 5.18. The molecule has 0 N–H and O–H groups in total. The van der Waals surface area contributed by atoms with Crippen molar-refractivity contribution in [3.05, 3.63) is 188 Å². The maximum Gasteiger partial charge on any atom is 0.160 e. The van der Waals surface area contributed by atoms with E-state index in [4.69, 9.17) is 9.97 Å². The third-order valence-electron chi connectivity index (χ3n) is 10.7. The van der Waals surface area contributed by atoms with E-state index in [1.165, 1.54) is 64.9 Å². The lowest BCUT2D eigenvalue weighted by Crippen LogP contribution is -1.98. The van der Waals surface area contributed by atoms with Crippen molar-refractivity contribution in [2.45, 2.75) is 0 Å². The fourth-order valence-electron chi connectivity index (χ4n) is 8.30. The molecule has 9 aromatic carbocycles. The Hall–Kier alpha value is -7.10. The van der Waals surface area contributed by atoms with Gasteiger partial charge in [-0.15, -0.1) is 0 Å². The van der Waals surface area contributed by atoms with Crippen LogP contribution >= 0.6 is 0 Å². The average Bonchev–Trinajstić information content (AvgIpc) is 3.59. The lowest BCUT2D eigenvalue weighted by atomic mass is 9.93. The molecule has 11 aromatic rings. The minimum Gasteiger partial charge on any atom is -0.309 e. The van der Waals surface area contributed by atoms with Gasteiger partial charge in [0.1, 0.15) is 0 Å². The molecule has 0 aliphatic rings. The fraction of sp³-hybridized carbons (Fsp3) is 0. The van der Waals surface area contributed by atoms with E-state index in [0.29, 0.717) is 5.82 Å². The number of para-hydroxylation sites is 1. The molecule has 2 heterocycles.